The summed E-state index contributed by atoms with van der Waals surface area (Å²) in [6.45, 7) is 0.289. The molecule has 2 saturated carbocycles. The van der Waals surface area contributed by atoms with E-state index in [2.05, 4.69) is 5.32 Å². The number of anilines is 1. The van der Waals surface area contributed by atoms with Crippen LogP contribution in [0.25, 0.3) is 0 Å². The van der Waals surface area contributed by atoms with E-state index in [9.17, 15) is 9.59 Å². The lowest BCUT2D eigenvalue weighted by Gasteiger charge is -2.39. The number of nitrogens with one attached hydrogen (secondary N) is 1. The van der Waals surface area contributed by atoms with Crippen molar-refractivity contribution in [3.05, 3.63) is 52.5 Å². The molecule has 2 aromatic rings. The molecule has 2 atom stereocenters. The quantitative estimate of drug-likeness (QED) is 0.493. The molecule has 2 fully saturated rings. The van der Waals surface area contributed by atoms with E-state index >= 15 is 0 Å². The molecule has 4 rings (SSSR count). The zero-order valence-electron chi connectivity index (χ0n) is 21.1. The van der Waals surface area contributed by atoms with Gasteiger partial charge in [-0.15, -0.1) is 0 Å². The van der Waals surface area contributed by atoms with Crippen molar-refractivity contribution in [1.29, 1.82) is 0 Å². The first-order valence-electron chi connectivity index (χ1n) is 12.8. The summed E-state index contributed by atoms with van der Waals surface area (Å²) >= 11 is 6.60. The Morgan fingerprint density at radius 3 is 2.36 bits per heavy atom. The number of carbonyl (C=O) groups excluding carboxylic acids is 2. The first kappa shape index (κ1) is 26.3. The van der Waals surface area contributed by atoms with E-state index in [-0.39, 0.29) is 36.4 Å². The maximum atomic E-state index is 13.9. The van der Waals surface area contributed by atoms with Gasteiger partial charge in [0.15, 0.2) is 11.5 Å². The summed E-state index contributed by atoms with van der Waals surface area (Å²) in [4.78, 5) is 28.4. The van der Waals surface area contributed by atoms with E-state index in [1.807, 2.05) is 17.0 Å². The molecule has 2 amide bonds. The van der Waals surface area contributed by atoms with Gasteiger partial charge in [-0.3, -0.25) is 9.59 Å². The predicted molar refractivity (Wildman–Crippen MR) is 142 cm³/mol. The van der Waals surface area contributed by atoms with E-state index in [1.54, 1.807) is 38.5 Å². The maximum absolute atomic E-state index is 13.9. The second kappa shape index (κ2) is 12.0. The van der Waals surface area contributed by atoms with Crippen LogP contribution < -0.4 is 20.5 Å². The molecule has 7 nitrogen and oxygen atoms in total. The Kier molecular flexibility index (Phi) is 8.75. The summed E-state index contributed by atoms with van der Waals surface area (Å²) < 4.78 is 10.8. The predicted octanol–water partition coefficient (Wildman–Crippen LogP) is 5.40. The van der Waals surface area contributed by atoms with Crippen LogP contribution in [0.1, 0.15) is 67.3 Å². The number of nitrogens with zero attached hydrogens (tertiary/aromatic N) is 1. The van der Waals surface area contributed by atoms with Crippen LogP contribution in [-0.4, -0.2) is 43.0 Å². The molecule has 0 radical (unpaired) electrons. The number of rotatable bonds is 8. The molecule has 194 valence electrons. The number of carbonyl (C=O) groups is 2. The van der Waals surface area contributed by atoms with E-state index < -0.39 is 0 Å². The van der Waals surface area contributed by atoms with Crippen LogP contribution >= 0.6 is 11.6 Å². The topological polar surface area (TPSA) is 93.9 Å². The molecule has 0 aromatic heterocycles. The lowest BCUT2D eigenvalue weighted by Crippen LogP contribution is -2.51. The van der Waals surface area contributed by atoms with Crippen LogP contribution in [-0.2, 0) is 11.3 Å². The van der Waals surface area contributed by atoms with Gasteiger partial charge in [-0.2, -0.15) is 0 Å². The summed E-state index contributed by atoms with van der Waals surface area (Å²) in [6, 6.07) is 10.4. The Bertz CT molecular complexity index is 1090. The third-order valence-corrected chi connectivity index (χ3v) is 7.82. The molecule has 8 heteroatoms. The Balaban J connectivity index is 1.62. The minimum absolute atomic E-state index is 0.0494. The number of methoxy groups -OCH3 is 2. The average molecular weight is 514 g/mol. The van der Waals surface area contributed by atoms with Crippen LogP contribution in [0.3, 0.4) is 0 Å². The highest BCUT2D eigenvalue weighted by Gasteiger charge is 2.32. The van der Waals surface area contributed by atoms with Crippen LogP contribution in [0.2, 0.25) is 5.02 Å². The first-order valence-corrected chi connectivity index (χ1v) is 13.2. The number of hydrogen-bond donors (Lipinski definition) is 2. The summed E-state index contributed by atoms with van der Waals surface area (Å²) in [5, 5.41) is 3.59. The van der Waals surface area contributed by atoms with Gasteiger partial charge in [0.1, 0.15) is 0 Å². The maximum Gasteiger partial charge on any atom is 0.254 e. The molecule has 2 unspecified atom stereocenters. The molecule has 36 heavy (non-hydrogen) atoms. The van der Waals surface area contributed by atoms with Crippen molar-refractivity contribution < 1.29 is 19.1 Å². The largest absolute Gasteiger partial charge is 0.493 e. The fraction of sp³-hybridized carbons (Fsp3) is 0.500. The third-order valence-electron chi connectivity index (χ3n) is 7.45. The molecular formula is C28H36ClN3O4. The van der Waals surface area contributed by atoms with Crippen molar-refractivity contribution in [2.45, 2.75) is 70.0 Å². The van der Waals surface area contributed by atoms with Crippen molar-refractivity contribution in [3.63, 3.8) is 0 Å². The van der Waals surface area contributed by atoms with Gasteiger partial charge in [-0.1, -0.05) is 37.3 Å². The number of hydrogen-bond acceptors (Lipinski definition) is 5. The van der Waals surface area contributed by atoms with Crippen molar-refractivity contribution in [2.24, 2.45) is 11.7 Å². The molecule has 0 saturated heterocycles. The van der Waals surface area contributed by atoms with Gasteiger partial charge in [0.2, 0.25) is 5.91 Å². The van der Waals surface area contributed by atoms with Crippen molar-refractivity contribution in [2.75, 3.05) is 19.5 Å². The summed E-state index contributed by atoms with van der Waals surface area (Å²) in [6.07, 6.45) is 7.82. The second-order valence-electron chi connectivity index (χ2n) is 9.80. The Hall–Kier alpha value is -2.77. The van der Waals surface area contributed by atoms with Crippen LogP contribution in [0.4, 0.5) is 5.69 Å². The van der Waals surface area contributed by atoms with Crippen molar-refractivity contribution >= 4 is 29.1 Å². The van der Waals surface area contributed by atoms with Gasteiger partial charge in [-0.05, 0) is 67.6 Å². The molecular weight excluding hydrogens is 478 g/mol. The van der Waals surface area contributed by atoms with Gasteiger partial charge >= 0.3 is 0 Å². The Morgan fingerprint density at radius 1 is 0.972 bits per heavy atom. The number of benzene rings is 2. The lowest BCUT2D eigenvalue weighted by atomic mass is 9.89. The zero-order valence-corrected chi connectivity index (χ0v) is 21.9. The molecule has 3 N–H and O–H groups in total. The van der Waals surface area contributed by atoms with E-state index in [1.165, 1.54) is 0 Å². The van der Waals surface area contributed by atoms with Crippen LogP contribution in [0, 0.1) is 5.92 Å². The fourth-order valence-electron chi connectivity index (χ4n) is 5.39. The molecule has 0 bridgehead atoms. The third kappa shape index (κ3) is 5.95. The standard InChI is InChI=1S/C28H36ClN3O4/c1-35-25-14-11-19(16-26(25)36-2)28(34)32(24-10-6-5-9-23(24)30)17-20-15-21(12-13-22(20)29)31-27(33)18-7-3-4-8-18/h11-16,18,23-24H,3-10,17,30H2,1-2H3,(H,31,33). The van der Waals surface area contributed by atoms with Gasteiger partial charge < -0.3 is 25.4 Å². The Labute approximate surface area is 218 Å². The first-order chi connectivity index (χ1) is 17.4. The van der Waals surface area contributed by atoms with Crippen molar-refractivity contribution in [3.8, 4) is 11.5 Å². The normalized spacial score (nSPS) is 20.1. The summed E-state index contributed by atoms with van der Waals surface area (Å²) in [5.41, 5.74) is 8.48. The highest BCUT2D eigenvalue weighted by atomic mass is 35.5. The fourth-order valence-corrected chi connectivity index (χ4v) is 5.57. The van der Waals surface area contributed by atoms with Gasteiger partial charge in [0.25, 0.3) is 5.91 Å². The molecule has 0 spiro atoms. The summed E-state index contributed by atoms with van der Waals surface area (Å²) in [5.74, 6) is 1.02. The number of ether oxygens (including phenoxy) is 2. The minimum Gasteiger partial charge on any atom is -0.493 e. The molecule has 2 aliphatic rings. The van der Waals surface area contributed by atoms with Gasteiger partial charge in [0.05, 0.1) is 14.2 Å². The average Bonchev–Trinajstić information content (AvgIpc) is 3.44. The second-order valence-corrected chi connectivity index (χ2v) is 10.2. The monoisotopic (exact) mass is 513 g/mol. The minimum atomic E-state index is -0.144. The number of nitrogens with two attached hydrogens (primary N) is 1. The Morgan fingerprint density at radius 2 is 1.67 bits per heavy atom. The van der Waals surface area contributed by atoms with Crippen molar-refractivity contribution in [1.82, 2.24) is 4.90 Å². The highest BCUT2D eigenvalue weighted by Crippen LogP contribution is 2.32. The summed E-state index contributed by atoms with van der Waals surface area (Å²) in [7, 11) is 3.11. The molecule has 0 aliphatic heterocycles. The smallest absolute Gasteiger partial charge is 0.254 e. The number of halogens is 1. The van der Waals surface area contributed by atoms with Gasteiger partial charge in [-0.25, -0.2) is 0 Å². The van der Waals surface area contributed by atoms with Gasteiger partial charge in [0, 0.05) is 40.8 Å². The molecule has 2 aromatic carbocycles. The highest BCUT2D eigenvalue weighted by molar-refractivity contribution is 6.31. The van der Waals surface area contributed by atoms with Crippen LogP contribution in [0.15, 0.2) is 36.4 Å². The van der Waals surface area contributed by atoms with Crippen LogP contribution in [0.5, 0.6) is 11.5 Å². The molecule has 2 aliphatic carbocycles. The van der Waals surface area contributed by atoms with E-state index in [0.29, 0.717) is 27.8 Å². The van der Waals surface area contributed by atoms with E-state index in [4.69, 9.17) is 26.8 Å². The van der Waals surface area contributed by atoms with E-state index in [0.717, 1.165) is 56.9 Å². The number of amides is 2. The molecule has 0 heterocycles. The SMILES string of the molecule is COc1ccc(C(=O)N(Cc2cc(NC(=O)C3CCCC3)ccc2Cl)C2CCCCC2N)cc1OC. The zero-order chi connectivity index (χ0) is 25.7. The lowest BCUT2D eigenvalue weighted by molar-refractivity contribution is -0.119.